The van der Waals surface area contributed by atoms with Crippen molar-refractivity contribution >= 4 is 32.7 Å². The van der Waals surface area contributed by atoms with Crippen LogP contribution >= 0.6 is 0 Å². The van der Waals surface area contributed by atoms with Gasteiger partial charge in [-0.3, -0.25) is 0 Å². The molecule has 0 saturated heterocycles. The minimum absolute atomic E-state index is 0.108. The molecule has 2 aromatic carbocycles. The maximum absolute atomic E-state index is 12.6. The van der Waals surface area contributed by atoms with Crippen LogP contribution in [0.5, 0.6) is 5.75 Å². The van der Waals surface area contributed by atoms with E-state index < -0.39 is 22.1 Å². The maximum atomic E-state index is 12.6. The molecule has 4 rings (SSSR count). The van der Waals surface area contributed by atoms with Crippen molar-refractivity contribution in [3.8, 4) is 5.75 Å². The fraction of sp³-hybridized carbons (Fsp3) is 0.481. The van der Waals surface area contributed by atoms with E-state index in [1.807, 2.05) is 24.3 Å². The minimum atomic E-state index is -4.83. The number of anilines is 2. The van der Waals surface area contributed by atoms with Gasteiger partial charge in [-0.2, -0.15) is 4.98 Å². The van der Waals surface area contributed by atoms with Gasteiger partial charge in [0.15, 0.2) is 0 Å². The van der Waals surface area contributed by atoms with E-state index in [1.165, 1.54) is 0 Å². The van der Waals surface area contributed by atoms with Gasteiger partial charge in [0.25, 0.3) is 0 Å². The number of hydrogen-bond donors (Lipinski definition) is 4. The molecule has 1 aliphatic carbocycles. The van der Waals surface area contributed by atoms with Crippen LogP contribution in [-0.4, -0.2) is 50.9 Å². The third-order valence-corrected chi connectivity index (χ3v) is 8.41. The summed E-state index contributed by atoms with van der Waals surface area (Å²) in [6.45, 7) is 2.43. The van der Waals surface area contributed by atoms with Crippen LogP contribution in [0.3, 0.4) is 0 Å². The van der Waals surface area contributed by atoms with Gasteiger partial charge < -0.3 is 21.1 Å². The largest absolute Gasteiger partial charge is 0.573 e. The van der Waals surface area contributed by atoms with Gasteiger partial charge in [-0.25, -0.2) is 18.1 Å². The molecule has 9 nitrogen and oxygen atoms in total. The second-order valence-corrected chi connectivity index (χ2v) is 11.7. The number of nitrogens with two attached hydrogens (primary N) is 1. The Hall–Kier alpha value is -3.16. The fourth-order valence-corrected chi connectivity index (χ4v) is 5.89. The Labute approximate surface area is 232 Å². The molecule has 1 saturated carbocycles. The topological polar surface area (TPSA) is 131 Å². The predicted octanol–water partition coefficient (Wildman–Crippen LogP) is 4.88. The first kappa shape index (κ1) is 29.8. The first-order valence-corrected chi connectivity index (χ1v) is 14.9. The molecular formula is C27H35F3N6O3S. The number of nitrogens with zero attached hydrogens (tertiary/aromatic N) is 2. The molecule has 0 unspecified atom stereocenters. The molecule has 1 aliphatic rings. The van der Waals surface area contributed by atoms with E-state index in [0.29, 0.717) is 18.4 Å². The summed E-state index contributed by atoms with van der Waals surface area (Å²) in [4.78, 5) is 9.26. The first-order valence-electron chi connectivity index (χ1n) is 13.4. The Bertz CT molecular complexity index is 1350. The molecule has 1 fully saturated rings. The average Bonchev–Trinajstić information content (AvgIpc) is 2.93. The summed E-state index contributed by atoms with van der Waals surface area (Å²) in [6, 6.07) is 12.0. The number of alkyl halides is 3. The molecule has 0 amide bonds. The number of sulfonamides is 1. The van der Waals surface area contributed by atoms with Gasteiger partial charge >= 0.3 is 6.36 Å². The highest BCUT2D eigenvalue weighted by atomic mass is 32.2. The summed E-state index contributed by atoms with van der Waals surface area (Å²) < 4.78 is 68.6. The van der Waals surface area contributed by atoms with E-state index >= 15 is 0 Å². The second kappa shape index (κ2) is 13.5. The van der Waals surface area contributed by atoms with Gasteiger partial charge in [0, 0.05) is 25.0 Å². The summed E-state index contributed by atoms with van der Waals surface area (Å²) in [7, 11) is -3.84. The van der Waals surface area contributed by atoms with Crippen molar-refractivity contribution in [2.45, 2.75) is 49.8 Å². The Morgan fingerprint density at radius 2 is 1.57 bits per heavy atom. The van der Waals surface area contributed by atoms with E-state index in [2.05, 4.69) is 25.1 Å². The molecule has 0 spiro atoms. The number of fused-ring (bicyclic) bond motifs is 1. The monoisotopic (exact) mass is 580 g/mol. The number of halogens is 3. The average molecular weight is 581 g/mol. The van der Waals surface area contributed by atoms with Crippen molar-refractivity contribution < 1.29 is 26.3 Å². The molecule has 13 heteroatoms. The Balaban J connectivity index is 1.25. The van der Waals surface area contributed by atoms with E-state index in [1.54, 1.807) is 0 Å². The molecule has 0 radical (unpaired) electrons. The van der Waals surface area contributed by atoms with Crippen LogP contribution in [0.2, 0.25) is 0 Å². The SMILES string of the molecule is NCCCCNc1nc(NC[C@H]2CC[C@H](CNS(=O)(=O)c3ccc(OC(F)(F)F)cc3)CC2)nc2ccccc12. The standard InChI is InChI=1S/C27H35F3N6O3S/c28-27(29,30)39-21-11-13-22(14-12-21)40(37,38)34-18-20-9-7-19(8-10-20)17-33-26-35-24-6-2-1-5-23(24)25(36-26)32-16-4-3-15-31/h1-2,5-6,11-14,19-20,34H,3-4,7-10,15-18,31H2,(H2,32,33,35,36)/t19-,20-. The van der Waals surface area contributed by atoms with Crippen molar-refractivity contribution in [3.63, 3.8) is 0 Å². The zero-order valence-electron chi connectivity index (χ0n) is 22.1. The number of rotatable bonds is 13. The third kappa shape index (κ3) is 8.67. The second-order valence-electron chi connectivity index (χ2n) is 9.97. The van der Waals surface area contributed by atoms with Crippen LogP contribution in [0.15, 0.2) is 53.4 Å². The summed E-state index contributed by atoms with van der Waals surface area (Å²) in [5.74, 6) is 1.48. The molecule has 40 heavy (non-hydrogen) atoms. The van der Waals surface area contributed by atoms with Crippen molar-refractivity contribution in [3.05, 3.63) is 48.5 Å². The number of benzene rings is 2. The Morgan fingerprint density at radius 3 is 2.25 bits per heavy atom. The third-order valence-electron chi connectivity index (χ3n) is 6.97. The molecule has 218 valence electrons. The smallest absolute Gasteiger partial charge is 0.406 e. The molecular weight excluding hydrogens is 545 g/mol. The van der Waals surface area contributed by atoms with Crippen LogP contribution in [0.1, 0.15) is 38.5 Å². The minimum Gasteiger partial charge on any atom is -0.406 e. The molecule has 1 heterocycles. The van der Waals surface area contributed by atoms with Crippen molar-refractivity contribution in [2.24, 2.45) is 17.6 Å². The summed E-state index contributed by atoms with van der Waals surface area (Å²) >= 11 is 0. The molecule has 0 bridgehead atoms. The lowest BCUT2D eigenvalue weighted by Crippen LogP contribution is -2.32. The van der Waals surface area contributed by atoms with Crippen LogP contribution < -0.4 is 25.8 Å². The highest BCUT2D eigenvalue weighted by Crippen LogP contribution is 2.30. The number of para-hydroxylation sites is 1. The molecule has 3 aromatic rings. The maximum Gasteiger partial charge on any atom is 0.573 e. The van der Waals surface area contributed by atoms with Crippen molar-refractivity contribution in [1.29, 1.82) is 0 Å². The summed E-state index contributed by atoms with van der Waals surface area (Å²) in [6.07, 6.45) is 0.653. The lowest BCUT2D eigenvalue weighted by molar-refractivity contribution is -0.274. The van der Waals surface area contributed by atoms with Crippen LogP contribution in [0.4, 0.5) is 24.9 Å². The van der Waals surface area contributed by atoms with E-state index in [9.17, 15) is 21.6 Å². The van der Waals surface area contributed by atoms with Crippen LogP contribution in [0, 0.1) is 11.8 Å². The van der Waals surface area contributed by atoms with E-state index in [4.69, 9.17) is 10.7 Å². The van der Waals surface area contributed by atoms with Gasteiger partial charge in [0.1, 0.15) is 11.6 Å². The van der Waals surface area contributed by atoms with Crippen molar-refractivity contribution in [2.75, 3.05) is 36.8 Å². The van der Waals surface area contributed by atoms with Gasteiger partial charge in [-0.05, 0) is 93.3 Å². The first-order chi connectivity index (χ1) is 19.1. The van der Waals surface area contributed by atoms with Crippen molar-refractivity contribution in [1.82, 2.24) is 14.7 Å². The molecule has 5 N–H and O–H groups in total. The molecule has 0 aliphatic heterocycles. The zero-order chi connectivity index (χ0) is 28.6. The van der Waals surface area contributed by atoms with E-state index in [0.717, 1.165) is 92.6 Å². The highest BCUT2D eigenvalue weighted by molar-refractivity contribution is 7.89. The number of nitrogens with one attached hydrogen (secondary N) is 3. The summed E-state index contributed by atoms with van der Waals surface area (Å²) in [5.41, 5.74) is 6.46. The predicted molar refractivity (Wildman–Crippen MR) is 149 cm³/mol. The number of ether oxygens (including phenoxy) is 1. The zero-order valence-corrected chi connectivity index (χ0v) is 22.9. The van der Waals surface area contributed by atoms with Crippen LogP contribution in [0.25, 0.3) is 10.9 Å². The number of hydrogen-bond acceptors (Lipinski definition) is 8. The molecule has 0 atom stereocenters. The lowest BCUT2D eigenvalue weighted by atomic mass is 9.82. The number of unbranched alkanes of at least 4 members (excludes halogenated alkanes) is 1. The Morgan fingerprint density at radius 1 is 0.900 bits per heavy atom. The van der Waals surface area contributed by atoms with Crippen LogP contribution in [-0.2, 0) is 10.0 Å². The quantitative estimate of drug-likeness (QED) is 0.211. The highest BCUT2D eigenvalue weighted by Gasteiger charge is 2.31. The fourth-order valence-electron chi connectivity index (χ4n) is 4.77. The summed E-state index contributed by atoms with van der Waals surface area (Å²) in [5, 5.41) is 7.75. The van der Waals surface area contributed by atoms with Gasteiger partial charge in [0.2, 0.25) is 16.0 Å². The Kier molecular flexibility index (Phi) is 10.0. The number of aromatic nitrogens is 2. The van der Waals surface area contributed by atoms with E-state index in [-0.39, 0.29) is 17.4 Å². The molecule has 1 aromatic heterocycles. The lowest BCUT2D eigenvalue weighted by Gasteiger charge is -2.28. The van der Waals surface area contributed by atoms with Gasteiger partial charge in [0.05, 0.1) is 10.4 Å². The normalized spacial score (nSPS) is 18.0. The van der Waals surface area contributed by atoms with Gasteiger partial charge in [-0.15, -0.1) is 13.2 Å². The van der Waals surface area contributed by atoms with Gasteiger partial charge in [-0.1, -0.05) is 12.1 Å².